The van der Waals surface area contributed by atoms with Gasteiger partial charge < -0.3 is 14.0 Å². The molecule has 0 bridgehead atoms. The van der Waals surface area contributed by atoms with E-state index in [1.165, 1.54) is 0 Å². The Morgan fingerprint density at radius 1 is 1.37 bits per heavy atom. The summed E-state index contributed by atoms with van der Waals surface area (Å²) in [6.07, 6.45) is 0.959. The molecule has 1 aromatic heterocycles. The maximum absolute atomic E-state index is 5.34. The minimum Gasteiger partial charge on any atom is -0.496 e. The average Bonchev–Trinajstić information content (AvgIpc) is 3.09. The van der Waals surface area contributed by atoms with Crippen LogP contribution in [0.1, 0.15) is 23.7 Å². The molecule has 0 radical (unpaired) electrons. The van der Waals surface area contributed by atoms with Gasteiger partial charge in [-0.2, -0.15) is 4.98 Å². The SMILES string of the molecule is COc1ccc(-c2nc([C@@H]3CCOC3)no2)cc1C. The molecular weight excluding hydrogens is 244 g/mol. The smallest absolute Gasteiger partial charge is 0.257 e. The summed E-state index contributed by atoms with van der Waals surface area (Å²) in [7, 11) is 1.66. The van der Waals surface area contributed by atoms with Crippen LogP contribution in [0.3, 0.4) is 0 Å². The summed E-state index contributed by atoms with van der Waals surface area (Å²) in [4.78, 5) is 4.46. The Morgan fingerprint density at radius 3 is 2.95 bits per heavy atom. The number of rotatable bonds is 3. The predicted octanol–water partition coefficient (Wildman–Crippen LogP) is 2.56. The van der Waals surface area contributed by atoms with E-state index in [1.54, 1.807) is 7.11 Å². The predicted molar refractivity (Wildman–Crippen MR) is 69.2 cm³/mol. The fraction of sp³-hybridized carbons (Fsp3) is 0.429. The maximum atomic E-state index is 5.34. The van der Waals surface area contributed by atoms with Gasteiger partial charge in [-0.3, -0.25) is 0 Å². The van der Waals surface area contributed by atoms with Crippen molar-refractivity contribution >= 4 is 0 Å². The summed E-state index contributed by atoms with van der Waals surface area (Å²) >= 11 is 0. The van der Waals surface area contributed by atoms with Crippen LogP contribution in [0, 0.1) is 6.92 Å². The van der Waals surface area contributed by atoms with Crippen LogP contribution in [0.4, 0.5) is 0 Å². The average molecular weight is 260 g/mol. The van der Waals surface area contributed by atoms with E-state index in [9.17, 15) is 0 Å². The zero-order chi connectivity index (χ0) is 13.2. The van der Waals surface area contributed by atoms with E-state index in [2.05, 4.69) is 10.1 Å². The number of methoxy groups -OCH3 is 1. The molecule has 1 atom stereocenters. The van der Waals surface area contributed by atoms with Gasteiger partial charge >= 0.3 is 0 Å². The number of aromatic nitrogens is 2. The highest BCUT2D eigenvalue weighted by Crippen LogP contribution is 2.28. The van der Waals surface area contributed by atoms with Crippen LogP contribution >= 0.6 is 0 Å². The summed E-state index contributed by atoms with van der Waals surface area (Å²) in [6, 6.07) is 5.82. The van der Waals surface area contributed by atoms with Crippen molar-refractivity contribution in [1.82, 2.24) is 10.1 Å². The lowest BCUT2D eigenvalue weighted by molar-refractivity contribution is 0.192. The molecule has 0 amide bonds. The minimum atomic E-state index is 0.261. The Balaban J connectivity index is 1.87. The van der Waals surface area contributed by atoms with E-state index >= 15 is 0 Å². The first-order valence-electron chi connectivity index (χ1n) is 6.34. The Labute approximate surface area is 111 Å². The molecule has 1 aromatic carbocycles. The summed E-state index contributed by atoms with van der Waals surface area (Å²) in [6.45, 7) is 3.45. The molecule has 0 N–H and O–H groups in total. The lowest BCUT2D eigenvalue weighted by Crippen LogP contribution is -1.99. The molecule has 0 spiro atoms. The molecule has 0 saturated carbocycles. The van der Waals surface area contributed by atoms with E-state index in [4.69, 9.17) is 14.0 Å². The number of ether oxygens (including phenoxy) is 2. The highest BCUT2D eigenvalue weighted by Gasteiger charge is 2.23. The maximum Gasteiger partial charge on any atom is 0.257 e. The summed E-state index contributed by atoms with van der Waals surface area (Å²) < 4.78 is 15.9. The van der Waals surface area contributed by atoms with E-state index in [-0.39, 0.29) is 5.92 Å². The number of aryl methyl sites for hydroxylation is 1. The van der Waals surface area contributed by atoms with Crippen molar-refractivity contribution < 1.29 is 14.0 Å². The van der Waals surface area contributed by atoms with Gasteiger partial charge in [-0.1, -0.05) is 5.16 Å². The lowest BCUT2D eigenvalue weighted by Gasteiger charge is -2.04. The van der Waals surface area contributed by atoms with Gasteiger partial charge in [0.1, 0.15) is 5.75 Å². The summed E-state index contributed by atoms with van der Waals surface area (Å²) in [5, 5.41) is 4.05. The third kappa shape index (κ3) is 2.33. The topological polar surface area (TPSA) is 57.4 Å². The van der Waals surface area contributed by atoms with Gasteiger partial charge in [0.25, 0.3) is 5.89 Å². The van der Waals surface area contributed by atoms with Gasteiger partial charge in [0, 0.05) is 18.1 Å². The Hall–Kier alpha value is -1.88. The van der Waals surface area contributed by atoms with E-state index < -0.39 is 0 Å². The van der Waals surface area contributed by atoms with E-state index in [0.717, 1.165) is 35.7 Å². The molecule has 1 aliphatic heterocycles. The van der Waals surface area contributed by atoms with Crippen LogP contribution in [-0.4, -0.2) is 30.5 Å². The second-order valence-corrected chi connectivity index (χ2v) is 4.70. The first-order valence-corrected chi connectivity index (χ1v) is 6.34. The molecular formula is C14H16N2O3. The molecule has 0 unspecified atom stereocenters. The van der Waals surface area contributed by atoms with Crippen LogP contribution in [0.5, 0.6) is 5.75 Å². The standard InChI is InChI=1S/C14H16N2O3/c1-9-7-10(3-4-12(9)17-2)14-15-13(16-19-14)11-5-6-18-8-11/h3-4,7,11H,5-6,8H2,1-2H3/t11-/m1/s1. The lowest BCUT2D eigenvalue weighted by atomic mass is 10.1. The zero-order valence-corrected chi connectivity index (χ0v) is 11.0. The van der Waals surface area contributed by atoms with Crippen LogP contribution in [-0.2, 0) is 4.74 Å². The highest BCUT2D eigenvalue weighted by molar-refractivity contribution is 5.57. The van der Waals surface area contributed by atoms with Gasteiger partial charge in [0.2, 0.25) is 0 Å². The van der Waals surface area contributed by atoms with Crippen molar-refractivity contribution in [2.75, 3.05) is 20.3 Å². The van der Waals surface area contributed by atoms with Crippen molar-refractivity contribution in [3.63, 3.8) is 0 Å². The zero-order valence-electron chi connectivity index (χ0n) is 11.0. The van der Waals surface area contributed by atoms with Crippen molar-refractivity contribution in [2.24, 2.45) is 0 Å². The fourth-order valence-electron chi connectivity index (χ4n) is 2.27. The van der Waals surface area contributed by atoms with E-state index in [0.29, 0.717) is 12.5 Å². The fourth-order valence-corrected chi connectivity index (χ4v) is 2.27. The number of hydrogen-bond donors (Lipinski definition) is 0. The molecule has 1 aliphatic rings. The van der Waals surface area contributed by atoms with Crippen LogP contribution in [0.25, 0.3) is 11.5 Å². The molecule has 5 heteroatoms. The van der Waals surface area contributed by atoms with Crippen molar-refractivity contribution in [3.8, 4) is 17.2 Å². The number of benzene rings is 1. The second kappa shape index (κ2) is 5.01. The Bertz CT molecular complexity index is 574. The van der Waals surface area contributed by atoms with Crippen molar-refractivity contribution in [2.45, 2.75) is 19.3 Å². The minimum absolute atomic E-state index is 0.261. The van der Waals surface area contributed by atoms with Gasteiger partial charge in [-0.05, 0) is 37.1 Å². The largest absolute Gasteiger partial charge is 0.496 e. The third-order valence-electron chi connectivity index (χ3n) is 3.38. The Kier molecular flexibility index (Phi) is 3.21. The molecule has 2 heterocycles. The van der Waals surface area contributed by atoms with Crippen LogP contribution in [0.15, 0.2) is 22.7 Å². The molecule has 2 aromatic rings. The molecule has 0 aliphatic carbocycles. The van der Waals surface area contributed by atoms with Crippen molar-refractivity contribution in [1.29, 1.82) is 0 Å². The molecule has 100 valence electrons. The molecule has 3 rings (SSSR count). The highest BCUT2D eigenvalue weighted by atomic mass is 16.5. The first kappa shape index (κ1) is 12.2. The first-order chi connectivity index (χ1) is 9.28. The number of nitrogens with zero attached hydrogens (tertiary/aromatic N) is 2. The second-order valence-electron chi connectivity index (χ2n) is 4.70. The molecule has 1 saturated heterocycles. The number of hydrogen-bond acceptors (Lipinski definition) is 5. The van der Waals surface area contributed by atoms with Gasteiger partial charge in [0.15, 0.2) is 5.82 Å². The summed E-state index contributed by atoms with van der Waals surface area (Å²) in [5.41, 5.74) is 1.96. The monoisotopic (exact) mass is 260 g/mol. The van der Waals surface area contributed by atoms with Gasteiger partial charge in [0.05, 0.1) is 13.7 Å². The molecule has 1 fully saturated rings. The normalized spacial score (nSPS) is 18.7. The van der Waals surface area contributed by atoms with Crippen molar-refractivity contribution in [3.05, 3.63) is 29.6 Å². The quantitative estimate of drug-likeness (QED) is 0.848. The van der Waals surface area contributed by atoms with Crippen LogP contribution in [0.2, 0.25) is 0 Å². The molecule has 19 heavy (non-hydrogen) atoms. The Morgan fingerprint density at radius 2 is 2.26 bits per heavy atom. The van der Waals surface area contributed by atoms with Crippen LogP contribution < -0.4 is 4.74 Å². The molecule has 5 nitrogen and oxygen atoms in total. The summed E-state index contributed by atoms with van der Waals surface area (Å²) in [5.74, 6) is 2.40. The van der Waals surface area contributed by atoms with Gasteiger partial charge in [-0.25, -0.2) is 0 Å². The van der Waals surface area contributed by atoms with E-state index in [1.807, 2.05) is 25.1 Å². The third-order valence-corrected chi connectivity index (χ3v) is 3.38. The van der Waals surface area contributed by atoms with Gasteiger partial charge in [-0.15, -0.1) is 0 Å².